The van der Waals surface area contributed by atoms with Gasteiger partial charge in [-0.1, -0.05) is 54.1 Å². The maximum atomic E-state index is 12.4. The molecule has 28 heavy (non-hydrogen) atoms. The van der Waals surface area contributed by atoms with E-state index in [0.29, 0.717) is 35.0 Å². The normalized spacial score (nSPS) is 10.9. The Bertz CT molecular complexity index is 1110. The molecule has 0 unspecified atom stereocenters. The largest absolute Gasteiger partial charge is 0.440 e. The van der Waals surface area contributed by atoms with E-state index in [1.165, 1.54) is 5.56 Å². The number of rotatable bonds is 6. The molecule has 0 aliphatic rings. The molecule has 0 aliphatic heterocycles. The van der Waals surface area contributed by atoms with Crippen molar-refractivity contribution in [3.05, 3.63) is 100 Å². The third kappa shape index (κ3) is 4.41. The third-order valence-electron chi connectivity index (χ3n) is 4.48. The first-order chi connectivity index (χ1) is 13.7. The van der Waals surface area contributed by atoms with Gasteiger partial charge in [0.05, 0.1) is 0 Å². The second-order valence-corrected chi connectivity index (χ2v) is 7.02. The lowest BCUT2D eigenvalue weighted by Crippen LogP contribution is -2.25. The summed E-state index contributed by atoms with van der Waals surface area (Å²) in [4.78, 5) is 16.9. The van der Waals surface area contributed by atoms with Crippen molar-refractivity contribution >= 4 is 28.6 Å². The maximum Gasteiger partial charge on any atom is 0.251 e. The van der Waals surface area contributed by atoms with Crippen LogP contribution >= 0.6 is 11.6 Å². The topological polar surface area (TPSA) is 55.1 Å². The number of hydrogen-bond acceptors (Lipinski definition) is 3. The molecule has 4 aromatic rings. The highest BCUT2D eigenvalue weighted by Crippen LogP contribution is 2.20. The number of fused-ring (bicyclic) bond motifs is 1. The second-order valence-electron chi connectivity index (χ2n) is 6.59. The van der Waals surface area contributed by atoms with E-state index in [1.54, 1.807) is 12.1 Å². The summed E-state index contributed by atoms with van der Waals surface area (Å²) in [5.74, 6) is 0.476. The smallest absolute Gasteiger partial charge is 0.251 e. The van der Waals surface area contributed by atoms with Crippen molar-refractivity contribution < 1.29 is 9.21 Å². The summed E-state index contributed by atoms with van der Waals surface area (Å²) in [5.41, 5.74) is 4.12. The molecule has 1 amide bonds. The van der Waals surface area contributed by atoms with Crippen LogP contribution in [0.3, 0.4) is 0 Å². The maximum absolute atomic E-state index is 12.4. The van der Waals surface area contributed by atoms with Crippen LogP contribution in [0.2, 0.25) is 5.02 Å². The molecule has 1 N–H and O–H groups in total. The van der Waals surface area contributed by atoms with Crippen LogP contribution in [0.15, 0.2) is 77.2 Å². The average molecular weight is 391 g/mol. The minimum Gasteiger partial charge on any atom is -0.440 e. The number of amides is 1. The van der Waals surface area contributed by atoms with Gasteiger partial charge in [-0.05, 0) is 47.9 Å². The molecule has 1 aromatic heterocycles. The van der Waals surface area contributed by atoms with Gasteiger partial charge in [-0.25, -0.2) is 4.98 Å². The molecule has 0 aliphatic carbocycles. The van der Waals surface area contributed by atoms with E-state index in [1.807, 2.05) is 60.7 Å². The van der Waals surface area contributed by atoms with Crippen molar-refractivity contribution in [3.63, 3.8) is 0 Å². The highest BCUT2D eigenvalue weighted by molar-refractivity contribution is 6.30. The number of hydrogen-bond donors (Lipinski definition) is 1. The van der Waals surface area contributed by atoms with E-state index in [-0.39, 0.29) is 5.91 Å². The van der Waals surface area contributed by atoms with Gasteiger partial charge in [0.15, 0.2) is 11.5 Å². The van der Waals surface area contributed by atoms with Gasteiger partial charge in [-0.15, -0.1) is 0 Å². The van der Waals surface area contributed by atoms with Crippen LogP contribution in [0.25, 0.3) is 11.1 Å². The fourth-order valence-electron chi connectivity index (χ4n) is 3.08. The van der Waals surface area contributed by atoms with E-state index in [9.17, 15) is 4.79 Å². The van der Waals surface area contributed by atoms with E-state index >= 15 is 0 Å². The van der Waals surface area contributed by atoms with Crippen LogP contribution in [0.5, 0.6) is 0 Å². The molecule has 0 saturated carbocycles. The first-order valence-corrected chi connectivity index (χ1v) is 9.51. The summed E-state index contributed by atoms with van der Waals surface area (Å²) in [7, 11) is 0. The molecule has 140 valence electrons. The lowest BCUT2D eigenvalue weighted by molar-refractivity contribution is 0.0954. The number of carbonyl (C=O) groups is 1. The predicted molar refractivity (Wildman–Crippen MR) is 111 cm³/mol. The summed E-state index contributed by atoms with van der Waals surface area (Å²) in [5, 5.41) is 3.63. The third-order valence-corrected chi connectivity index (χ3v) is 4.72. The quantitative estimate of drug-likeness (QED) is 0.501. The average Bonchev–Trinajstić information content (AvgIpc) is 3.10. The van der Waals surface area contributed by atoms with Crippen molar-refractivity contribution in [2.45, 2.75) is 12.8 Å². The fourth-order valence-corrected chi connectivity index (χ4v) is 3.29. The first kappa shape index (κ1) is 18.3. The predicted octanol–water partition coefficient (Wildman–Crippen LogP) is 5.04. The van der Waals surface area contributed by atoms with Crippen LogP contribution in [0, 0.1) is 0 Å². The van der Waals surface area contributed by atoms with Crippen molar-refractivity contribution in [3.8, 4) is 0 Å². The highest BCUT2D eigenvalue weighted by atomic mass is 35.5. The molecule has 4 rings (SSSR count). The van der Waals surface area contributed by atoms with E-state index in [2.05, 4.69) is 10.3 Å². The monoisotopic (exact) mass is 390 g/mol. The zero-order valence-corrected chi connectivity index (χ0v) is 15.9. The van der Waals surface area contributed by atoms with Crippen LogP contribution in [-0.4, -0.2) is 17.4 Å². The Morgan fingerprint density at radius 1 is 0.964 bits per heavy atom. The molecule has 0 bridgehead atoms. The van der Waals surface area contributed by atoms with Crippen molar-refractivity contribution in [1.82, 2.24) is 10.3 Å². The van der Waals surface area contributed by atoms with E-state index < -0.39 is 0 Å². The molecule has 0 saturated heterocycles. The van der Waals surface area contributed by atoms with Crippen LogP contribution in [-0.2, 0) is 12.8 Å². The van der Waals surface area contributed by atoms with E-state index in [4.69, 9.17) is 16.0 Å². The Morgan fingerprint density at radius 2 is 1.79 bits per heavy atom. The van der Waals surface area contributed by atoms with Crippen LogP contribution < -0.4 is 5.32 Å². The number of benzene rings is 3. The van der Waals surface area contributed by atoms with Gasteiger partial charge in [0.1, 0.15) is 5.52 Å². The van der Waals surface area contributed by atoms with E-state index in [0.717, 1.165) is 17.5 Å². The van der Waals surface area contributed by atoms with Crippen LogP contribution in [0.1, 0.15) is 27.4 Å². The number of nitrogens with one attached hydrogen (secondary N) is 1. The molecule has 0 fully saturated rings. The number of aromatic nitrogens is 1. The molecule has 0 radical (unpaired) electrons. The molecule has 4 nitrogen and oxygen atoms in total. The van der Waals surface area contributed by atoms with Crippen molar-refractivity contribution in [2.75, 3.05) is 6.54 Å². The number of nitrogens with zero attached hydrogens (tertiary/aromatic N) is 1. The number of halogens is 1. The molecule has 5 heteroatoms. The van der Waals surface area contributed by atoms with Crippen LogP contribution in [0.4, 0.5) is 0 Å². The summed E-state index contributed by atoms with van der Waals surface area (Å²) in [6.45, 7) is 0.581. The van der Waals surface area contributed by atoms with Gasteiger partial charge in [-0.2, -0.15) is 0 Å². The highest BCUT2D eigenvalue weighted by Gasteiger charge is 2.11. The Balaban J connectivity index is 1.43. The van der Waals surface area contributed by atoms with Gasteiger partial charge in [0.25, 0.3) is 5.91 Å². The van der Waals surface area contributed by atoms with Crippen molar-refractivity contribution in [2.24, 2.45) is 0 Å². The molecule has 3 aromatic carbocycles. The number of carbonyl (C=O) groups excluding carboxylic acids is 1. The van der Waals surface area contributed by atoms with Gasteiger partial charge >= 0.3 is 0 Å². The zero-order valence-electron chi connectivity index (χ0n) is 15.2. The van der Waals surface area contributed by atoms with Crippen molar-refractivity contribution in [1.29, 1.82) is 0 Å². The first-order valence-electron chi connectivity index (χ1n) is 9.13. The van der Waals surface area contributed by atoms with Gasteiger partial charge in [0.2, 0.25) is 0 Å². The number of oxazole rings is 1. The summed E-state index contributed by atoms with van der Waals surface area (Å²) in [6, 6.07) is 23.0. The summed E-state index contributed by atoms with van der Waals surface area (Å²) >= 11 is 6.03. The molecule has 0 atom stereocenters. The van der Waals surface area contributed by atoms with Gasteiger partial charge < -0.3 is 9.73 Å². The zero-order chi connectivity index (χ0) is 19.3. The van der Waals surface area contributed by atoms with Gasteiger partial charge in [-0.3, -0.25) is 4.79 Å². The Morgan fingerprint density at radius 3 is 2.61 bits per heavy atom. The minimum atomic E-state index is -0.120. The Hall–Kier alpha value is -3.11. The SMILES string of the molecule is O=C(NCCc1ccccc1)c1ccc2nc(Cc3cccc(Cl)c3)oc2c1. The second kappa shape index (κ2) is 8.28. The lowest BCUT2D eigenvalue weighted by Gasteiger charge is -2.05. The molecule has 0 spiro atoms. The summed E-state index contributed by atoms with van der Waals surface area (Å²) in [6.07, 6.45) is 1.34. The Labute approximate surface area is 168 Å². The molecular formula is C23H19ClN2O2. The fraction of sp³-hybridized carbons (Fsp3) is 0.130. The standard InChI is InChI=1S/C23H19ClN2O2/c24-19-8-4-7-17(13-19)14-22-26-20-10-9-18(15-21(20)28-22)23(27)25-12-11-16-5-2-1-3-6-16/h1-10,13,15H,11-12,14H2,(H,25,27). The molecular weight excluding hydrogens is 372 g/mol. The minimum absolute atomic E-state index is 0.120. The Kier molecular flexibility index (Phi) is 5.40. The molecule has 1 heterocycles. The summed E-state index contributed by atoms with van der Waals surface area (Å²) < 4.78 is 5.84. The van der Waals surface area contributed by atoms with Gasteiger partial charge in [0, 0.05) is 23.6 Å². The lowest BCUT2D eigenvalue weighted by atomic mass is 10.1.